The number of benzene rings is 2. The molecule has 1 fully saturated rings. The van der Waals surface area contributed by atoms with Crippen LogP contribution in [0.1, 0.15) is 62.5 Å². The minimum atomic E-state index is 0.550. The quantitative estimate of drug-likeness (QED) is 0.616. The normalized spacial score (nSPS) is 16.7. The lowest BCUT2D eigenvalue weighted by molar-refractivity contribution is 0.414. The first kappa shape index (κ1) is 17.8. The molecule has 3 rings (SSSR count). The van der Waals surface area contributed by atoms with E-state index in [2.05, 4.69) is 67.3 Å². The van der Waals surface area contributed by atoms with Crippen LogP contribution in [0, 0.1) is 0 Å². The van der Waals surface area contributed by atoms with Crippen molar-refractivity contribution in [3.8, 4) is 5.75 Å². The van der Waals surface area contributed by atoms with E-state index in [1.807, 2.05) is 0 Å². The van der Waals surface area contributed by atoms with Crippen molar-refractivity contribution in [2.75, 3.05) is 25.1 Å². The smallest absolute Gasteiger partial charge is 0.118 e. The van der Waals surface area contributed by atoms with Gasteiger partial charge < -0.3 is 9.64 Å². The first-order chi connectivity index (χ1) is 12.3. The molecule has 0 saturated carbocycles. The molecular weight excluding hydrogens is 306 g/mol. The summed E-state index contributed by atoms with van der Waals surface area (Å²) in [7, 11) is 1.73. The highest BCUT2D eigenvalue weighted by molar-refractivity contribution is 5.49. The monoisotopic (exact) mass is 337 g/mol. The summed E-state index contributed by atoms with van der Waals surface area (Å²) >= 11 is 0. The maximum atomic E-state index is 5.31. The highest BCUT2D eigenvalue weighted by Gasteiger charge is 2.22. The van der Waals surface area contributed by atoms with Crippen LogP contribution in [0.3, 0.4) is 0 Å². The molecule has 2 atom stereocenters. The molecule has 1 aliphatic heterocycles. The molecule has 0 amide bonds. The lowest BCUT2D eigenvalue weighted by atomic mass is 9.78. The maximum Gasteiger partial charge on any atom is 0.118 e. The topological polar surface area (TPSA) is 12.5 Å². The van der Waals surface area contributed by atoms with Crippen LogP contribution in [0.2, 0.25) is 0 Å². The first-order valence-electron chi connectivity index (χ1n) is 9.75. The number of hydrogen-bond acceptors (Lipinski definition) is 2. The van der Waals surface area contributed by atoms with Crippen LogP contribution in [0.4, 0.5) is 5.69 Å². The van der Waals surface area contributed by atoms with Gasteiger partial charge in [0.2, 0.25) is 0 Å². The second kappa shape index (κ2) is 8.42. The Hall–Kier alpha value is -1.96. The molecule has 0 aliphatic carbocycles. The third kappa shape index (κ3) is 4.00. The maximum absolute atomic E-state index is 5.31. The van der Waals surface area contributed by atoms with E-state index in [1.165, 1.54) is 42.7 Å². The van der Waals surface area contributed by atoms with Gasteiger partial charge in [-0.25, -0.2) is 0 Å². The van der Waals surface area contributed by atoms with Gasteiger partial charge in [0.05, 0.1) is 7.11 Å². The summed E-state index contributed by atoms with van der Waals surface area (Å²) in [5.41, 5.74) is 4.26. The number of anilines is 1. The minimum Gasteiger partial charge on any atom is -0.497 e. The molecule has 2 heteroatoms. The second-order valence-electron chi connectivity index (χ2n) is 7.09. The Balaban J connectivity index is 1.80. The van der Waals surface area contributed by atoms with Gasteiger partial charge in [0.15, 0.2) is 0 Å². The Morgan fingerprint density at radius 3 is 1.72 bits per heavy atom. The van der Waals surface area contributed by atoms with Crippen molar-refractivity contribution in [1.82, 2.24) is 0 Å². The summed E-state index contributed by atoms with van der Waals surface area (Å²) in [5, 5.41) is 0. The van der Waals surface area contributed by atoms with Crippen LogP contribution < -0.4 is 9.64 Å². The van der Waals surface area contributed by atoms with Crippen LogP contribution in [-0.2, 0) is 0 Å². The summed E-state index contributed by atoms with van der Waals surface area (Å²) < 4.78 is 5.31. The molecule has 2 aromatic rings. The Bertz CT molecular complexity index is 641. The summed E-state index contributed by atoms with van der Waals surface area (Å²) in [6.45, 7) is 7.03. The SMILES string of the molecule is CC[C@@H](c1ccc(OC)cc1)[C@@H](CC)c1ccc(N2CCCC2)cc1. The highest BCUT2D eigenvalue weighted by Crippen LogP contribution is 2.39. The van der Waals surface area contributed by atoms with Crippen LogP contribution in [0.5, 0.6) is 5.75 Å². The van der Waals surface area contributed by atoms with Crippen LogP contribution >= 0.6 is 0 Å². The van der Waals surface area contributed by atoms with Gasteiger partial charge in [-0.1, -0.05) is 38.1 Å². The molecule has 0 radical (unpaired) electrons. The lowest BCUT2D eigenvalue weighted by Crippen LogP contribution is -2.17. The van der Waals surface area contributed by atoms with E-state index in [9.17, 15) is 0 Å². The van der Waals surface area contributed by atoms with E-state index >= 15 is 0 Å². The molecule has 2 aromatic carbocycles. The largest absolute Gasteiger partial charge is 0.497 e. The highest BCUT2D eigenvalue weighted by atomic mass is 16.5. The number of methoxy groups -OCH3 is 1. The Morgan fingerprint density at radius 2 is 1.28 bits per heavy atom. The Kier molecular flexibility index (Phi) is 6.01. The zero-order chi connectivity index (χ0) is 17.6. The molecule has 0 unspecified atom stereocenters. The van der Waals surface area contributed by atoms with Crippen molar-refractivity contribution in [2.24, 2.45) is 0 Å². The van der Waals surface area contributed by atoms with Crippen molar-refractivity contribution in [1.29, 1.82) is 0 Å². The molecule has 1 heterocycles. The molecule has 134 valence electrons. The van der Waals surface area contributed by atoms with Crippen LogP contribution in [0.15, 0.2) is 48.5 Å². The molecule has 1 aliphatic rings. The van der Waals surface area contributed by atoms with Crippen molar-refractivity contribution >= 4 is 5.69 Å². The Morgan fingerprint density at radius 1 is 0.800 bits per heavy atom. The van der Waals surface area contributed by atoms with E-state index < -0.39 is 0 Å². The molecular formula is C23H31NO. The summed E-state index contributed by atoms with van der Waals surface area (Å²) in [4.78, 5) is 2.51. The molecule has 2 nitrogen and oxygen atoms in total. The van der Waals surface area contributed by atoms with Crippen molar-refractivity contribution in [3.05, 3.63) is 59.7 Å². The molecule has 0 spiro atoms. The van der Waals surface area contributed by atoms with Gasteiger partial charge in [0.1, 0.15) is 5.75 Å². The minimum absolute atomic E-state index is 0.550. The fourth-order valence-corrected chi connectivity index (χ4v) is 4.26. The summed E-state index contributed by atoms with van der Waals surface area (Å²) in [5.74, 6) is 2.04. The molecule has 0 aromatic heterocycles. The number of hydrogen-bond donors (Lipinski definition) is 0. The molecule has 25 heavy (non-hydrogen) atoms. The zero-order valence-corrected chi connectivity index (χ0v) is 15.9. The molecule has 0 N–H and O–H groups in total. The van der Waals surface area contributed by atoms with Gasteiger partial charge in [-0.15, -0.1) is 0 Å². The molecule has 1 saturated heterocycles. The predicted octanol–water partition coefficient (Wildman–Crippen LogP) is 5.98. The number of nitrogens with zero attached hydrogens (tertiary/aromatic N) is 1. The number of ether oxygens (including phenoxy) is 1. The van der Waals surface area contributed by atoms with Gasteiger partial charge in [0, 0.05) is 18.8 Å². The van der Waals surface area contributed by atoms with Crippen molar-refractivity contribution in [3.63, 3.8) is 0 Å². The Labute approximate surface area is 152 Å². The predicted molar refractivity (Wildman–Crippen MR) is 107 cm³/mol. The van der Waals surface area contributed by atoms with E-state index in [1.54, 1.807) is 7.11 Å². The van der Waals surface area contributed by atoms with Gasteiger partial charge in [-0.3, -0.25) is 0 Å². The number of rotatable bonds is 7. The summed E-state index contributed by atoms with van der Waals surface area (Å²) in [6.07, 6.45) is 4.97. The average molecular weight is 338 g/mol. The van der Waals surface area contributed by atoms with Crippen LogP contribution in [-0.4, -0.2) is 20.2 Å². The van der Waals surface area contributed by atoms with E-state index in [0.717, 1.165) is 18.6 Å². The summed E-state index contributed by atoms with van der Waals surface area (Å²) in [6, 6.07) is 18.0. The van der Waals surface area contributed by atoms with Crippen molar-refractivity contribution in [2.45, 2.75) is 51.4 Å². The van der Waals surface area contributed by atoms with E-state index in [-0.39, 0.29) is 0 Å². The average Bonchev–Trinajstić information content (AvgIpc) is 3.21. The first-order valence-corrected chi connectivity index (χ1v) is 9.75. The lowest BCUT2D eigenvalue weighted by Gasteiger charge is -2.27. The van der Waals surface area contributed by atoms with Crippen LogP contribution in [0.25, 0.3) is 0 Å². The standard InChI is InChI=1S/C23H31NO/c1-4-22(23(5-2)19-10-14-21(25-3)15-11-19)18-8-12-20(13-9-18)24-16-6-7-17-24/h8-15,22-23H,4-7,16-17H2,1-3H3/t22-,23-/m0/s1. The fraction of sp³-hybridized carbons (Fsp3) is 0.478. The van der Waals surface area contributed by atoms with Crippen molar-refractivity contribution < 1.29 is 4.74 Å². The molecule has 0 bridgehead atoms. The van der Waals surface area contributed by atoms with E-state index in [0.29, 0.717) is 11.8 Å². The third-order valence-corrected chi connectivity index (χ3v) is 5.70. The third-order valence-electron chi connectivity index (χ3n) is 5.70. The van der Waals surface area contributed by atoms with Gasteiger partial charge >= 0.3 is 0 Å². The van der Waals surface area contributed by atoms with E-state index in [4.69, 9.17) is 4.74 Å². The van der Waals surface area contributed by atoms with Gasteiger partial charge in [0.25, 0.3) is 0 Å². The second-order valence-corrected chi connectivity index (χ2v) is 7.09. The fourth-order valence-electron chi connectivity index (χ4n) is 4.26. The van der Waals surface area contributed by atoms with Gasteiger partial charge in [-0.2, -0.15) is 0 Å². The zero-order valence-electron chi connectivity index (χ0n) is 15.9. The van der Waals surface area contributed by atoms with Gasteiger partial charge in [-0.05, 0) is 72.9 Å².